The Kier molecular flexibility index (Phi) is 5.37. The van der Waals surface area contributed by atoms with Crippen LogP contribution in [0.4, 0.5) is 10.1 Å². The zero-order valence-electron chi connectivity index (χ0n) is 12.5. The van der Waals surface area contributed by atoms with E-state index >= 15 is 0 Å². The summed E-state index contributed by atoms with van der Waals surface area (Å²) in [5, 5.41) is -0.0214. The van der Waals surface area contributed by atoms with Crippen LogP contribution in [-0.4, -0.2) is 49.1 Å². The molecule has 2 rings (SSSR count). The minimum absolute atomic E-state index is 0.0214. The Balaban J connectivity index is 2.08. The highest BCUT2D eigenvalue weighted by molar-refractivity contribution is 6.31. The van der Waals surface area contributed by atoms with Gasteiger partial charge in [0.25, 0.3) is 0 Å². The highest BCUT2D eigenvalue weighted by atomic mass is 35.5. The van der Waals surface area contributed by atoms with E-state index in [-0.39, 0.29) is 23.4 Å². The third-order valence-electron chi connectivity index (χ3n) is 3.63. The molecule has 1 fully saturated rings. The van der Waals surface area contributed by atoms with Crippen molar-refractivity contribution in [2.24, 2.45) is 0 Å². The Morgan fingerprint density at radius 1 is 1.45 bits per heavy atom. The van der Waals surface area contributed by atoms with Gasteiger partial charge >= 0.3 is 5.97 Å². The fourth-order valence-electron chi connectivity index (χ4n) is 2.41. The molecule has 1 aliphatic heterocycles. The molecular formula is C15H18ClFN2O3. The second-order valence-electron chi connectivity index (χ2n) is 5.04. The predicted molar refractivity (Wildman–Crippen MR) is 81.4 cm³/mol. The van der Waals surface area contributed by atoms with Crippen LogP contribution in [0.15, 0.2) is 18.2 Å². The average Bonchev–Trinajstić information content (AvgIpc) is 2.47. The van der Waals surface area contributed by atoms with Crippen molar-refractivity contribution in [1.82, 2.24) is 4.90 Å². The number of hydrogen-bond acceptors (Lipinski definition) is 4. The second kappa shape index (κ2) is 7.07. The summed E-state index contributed by atoms with van der Waals surface area (Å²) < 4.78 is 18.1. The second-order valence-corrected chi connectivity index (χ2v) is 5.45. The molecule has 1 saturated heterocycles. The number of amides is 1. The van der Waals surface area contributed by atoms with Crippen molar-refractivity contribution in [3.63, 3.8) is 0 Å². The van der Waals surface area contributed by atoms with E-state index in [0.717, 1.165) is 0 Å². The van der Waals surface area contributed by atoms with Gasteiger partial charge in [-0.05, 0) is 32.0 Å². The van der Waals surface area contributed by atoms with Gasteiger partial charge in [0, 0.05) is 18.8 Å². The van der Waals surface area contributed by atoms with Crippen molar-refractivity contribution in [1.29, 1.82) is 0 Å². The fraction of sp³-hybridized carbons (Fsp3) is 0.467. The zero-order chi connectivity index (χ0) is 16.3. The lowest BCUT2D eigenvalue weighted by molar-refractivity contribution is -0.145. The van der Waals surface area contributed by atoms with Gasteiger partial charge < -0.3 is 9.64 Å². The highest BCUT2D eigenvalue weighted by Gasteiger charge is 2.33. The first-order valence-electron chi connectivity index (χ1n) is 7.10. The Morgan fingerprint density at radius 3 is 2.82 bits per heavy atom. The molecule has 7 heteroatoms. The van der Waals surface area contributed by atoms with Crippen LogP contribution in [0.3, 0.4) is 0 Å². The topological polar surface area (TPSA) is 49.9 Å². The van der Waals surface area contributed by atoms with Crippen LogP contribution in [0.5, 0.6) is 0 Å². The van der Waals surface area contributed by atoms with E-state index in [9.17, 15) is 14.0 Å². The molecule has 22 heavy (non-hydrogen) atoms. The molecule has 0 N–H and O–H groups in total. The first kappa shape index (κ1) is 16.7. The lowest BCUT2D eigenvalue weighted by atomic mass is 10.1. The van der Waals surface area contributed by atoms with Crippen LogP contribution in [0.25, 0.3) is 0 Å². The Bertz CT molecular complexity index is 582. The molecule has 1 heterocycles. The van der Waals surface area contributed by atoms with E-state index < -0.39 is 11.9 Å². The Labute approximate surface area is 133 Å². The molecule has 120 valence electrons. The standard InChI is InChI=1S/C15H18ClFN2O3/c1-3-22-14(20)9-18-6-7-19(15(21)10(18)2)11-4-5-13(17)12(16)8-11/h4-5,8,10H,3,6-7,9H2,1-2H3. The van der Waals surface area contributed by atoms with Crippen LogP contribution in [0.2, 0.25) is 5.02 Å². The first-order chi connectivity index (χ1) is 10.4. The number of ether oxygens (including phenoxy) is 1. The molecule has 1 unspecified atom stereocenters. The number of carbonyl (C=O) groups is 2. The molecule has 1 aliphatic rings. The van der Waals surface area contributed by atoms with E-state index in [0.29, 0.717) is 25.4 Å². The summed E-state index contributed by atoms with van der Waals surface area (Å²) in [7, 11) is 0. The molecule has 1 aromatic carbocycles. The van der Waals surface area contributed by atoms with Crippen LogP contribution in [0.1, 0.15) is 13.8 Å². The fourth-order valence-corrected chi connectivity index (χ4v) is 2.59. The summed E-state index contributed by atoms with van der Waals surface area (Å²) in [5.74, 6) is -1.02. The van der Waals surface area contributed by atoms with Gasteiger partial charge in [0.1, 0.15) is 5.82 Å². The number of anilines is 1. The van der Waals surface area contributed by atoms with Crippen molar-refractivity contribution >= 4 is 29.2 Å². The summed E-state index contributed by atoms with van der Waals surface area (Å²) in [4.78, 5) is 27.3. The van der Waals surface area contributed by atoms with Crippen molar-refractivity contribution in [3.8, 4) is 0 Å². The van der Waals surface area contributed by atoms with Gasteiger partial charge in [0.15, 0.2) is 0 Å². The summed E-state index contributed by atoms with van der Waals surface area (Å²) in [6, 6.07) is 3.73. The summed E-state index contributed by atoms with van der Waals surface area (Å²) >= 11 is 5.76. The molecule has 0 aliphatic carbocycles. The van der Waals surface area contributed by atoms with Gasteiger partial charge in [-0.15, -0.1) is 0 Å². The molecule has 0 bridgehead atoms. The minimum Gasteiger partial charge on any atom is -0.465 e. The van der Waals surface area contributed by atoms with E-state index in [4.69, 9.17) is 16.3 Å². The van der Waals surface area contributed by atoms with Gasteiger partial charge in [-0.2, -0.15) is 0 Å². The largest absolute Gasteiger partial charge is 0.465 e. The Morgan fingerprint density at radius 2 is 2.18 bits per heavy atom. The summed E-state index contributed by atoms with van der Waals surface area (Å²) in [6.45, 7) is 4.81. The number of piperazine rings is 1. The lowest BCUT2D eigenvalue weighted by Crippen LogP contribution is -2.57. The molecule has 1 aromatic rings. The van der Waals surface area contributed by atoms with Crippen molar-refractivity contribution in [2.75, 3.05) is 31.1 Å². The lowest BCUT2D eigenvalue weighted by Gasteiger charge is -2.38. The third kappa shape index (κ3) is 3.56. The number of esters is 1. The van der Waals surface area contributed by atoms with Gasteiger partial charge in [-0.1, -0.05) is 11.6 Å². The monoisotopic (exact) mass is 328 g/mol. The summed E-state index contributed by atoms with van der Waals surface area (Å²) in [5.41, 5.74) is 0.555. The predicted octanol–water partition coefficient (Wildman–Crippen LogP) is 2.08. The molecule has 0 saturated carbocycles. The minimum atomic E-state index is -0.521. The number of halogens is 2. The SMILES string of the molecule is CCOC(=O)CN1CCN(c2ccc(F)c(Cl)c2)C(=O)C1C. The Hall–Kier alpha value is -1.66. The first-order valence-corrected chi connectivity index (χ1v) is 7.48. The molecule has 0 aromatic heterocycles. The number of nitrogens with zero attached hydrogens (tertiary/aromatic N) is 2. The van der Waals surface area contributed by atoms with Crippen molar-refractivity contribution in [3.05, 3.63) is 29.0 Å². The molecule has 1 amide bonds. The van der Waals surface area contributed by atoms with Gasteiger partial charge in [0.05, 0.1) is 24.2 Å². The number of hydrogen-bond donors (Lipinski definition) is 0. The molecule has 0 spiro atoms. The molecular weight excluding hydrogens is 311 g/mol. The van der Waals surface area contributed by atoms with Gasteiger partial charge in [-0.25, -0.2) is 4.39 Å². The van der Waals surface area contributed by atoms with E-state index in [1.165, 1.54) is 18.2 Å². The molecule has 0 radical (unpaired) electrons. The van der Waals surface area contributed by atoms with Gasteiger partial charge in [-0.3, -0.25) is 14.5 Å². The number of carbonyl (C=O) groups excluding carboxylic acids is 2. The van der Waals surface area contributed by atoms with E-state index in [1.54, 1.807) is 23.6 Å². The summed E-state index contributed by atoms with van der Waals surface area (Å²) in [6.07, 6.45) is 0. The van der Waals surface area contributed by atoms with Crippen LogP contribution in [0, 0.1) is 5.82 Å². The van der Waals surface area contributed by atoms with Crippen LogP contribution < -0.4 is 4.90 Å². The maximum Gasteiger partial charge on any atom is 0.320 e. The molecule has 5 nitrogen and oxygen atoms in total. The zero-order valence-corrected chi connectivity index (χ0v) is 13.3. The maximum atomic E-state index is 13.2. The molecule has 1 atom stereocenters. The maximum absolute atomic E-state index is 13.2. The van der Waals surface area contributed by atoms with Crippen LogP contribution >= 0.6 is 11.6 Å². The van der Waals surface area contributed by atoms with Crippen LogP contribution in [-0.2, 0) is 14.3 Å². The smallest absolute Gasteiger partial charge is 0.320 e. The van der Waals surface area contributed by atoms with Gasteiger partial charge in [0.2, 0.25) is 5.91 Å². The quantitative estimate of drug-likeness (QED) is 0.794. The van der Waals surface area contributed by atoms with E-state index in [2.05, 4.69) is 0 Å². The number of benzene rings is 1. The third-order valence-corrected chi connectivity index (χ3v) is 3.92. The van der Waals surface area contributed by atoms with E-state index in [1.807, 2.05) is 0 Å². The number of rotatable bonds is 4. The highest BCUT2D eigenvalue weighted by Crippen LogP contribution is 2.25. The normalized spacial score (nSPS) is 19.4. The van der Waals surface area contributed by atoms with Crippen molar-refractivity contribution in [2.45, 2.75) is 19.9 Å². The van der Waals surface area contributed by atoms with Crippen molar-refractivity contribution < 1.29 is 18.7 Å². The average molecular weight is 329 g/mol.